The summed E-state index contributed by atoms with van der Waals surface area (Å²) in [6, 6.07) is 4.96. The van der Waals surface area contributed by atoms with Crippen LogP contribution in [0.1, 0.15) is 47.7 Å². The number of rotatable bonds is 3. The van der Waals surface area contributed by atoms with Crippen LogP contribution in [-0.2, 0) is 6.42 Å². The maximum Gasteiger partial charge on any atom is 0.138 e. The largest absolute Gasteiger partial charge is 0.292 e. The smallest absolute Gasteiger partial charge is 0.138 e. The standard InChI is InChI=1S/C23H31N2/c1-15(2)8-19-12-24-13-20-11-23(25(6,7)14-22(19)20)21-10-16(3)9-17(4)18(21)5/h9-15,23H,8H2,1-7H3/q+1. The van der Waals surface area contributed by atoms with Gasteiger partial charge in [0.1, 0.15) is 12.2 Å². The van der Waals surface area contributed by atoms with Crippen LogP contribution < -0.4 is 10.4 Å². The van der Waals surface area contributed by atoms with Gasteiger partial charge >= 0.3 is 0 Å². The van der Waals surface area contributed by atoms with E-state index >= 15 is 0 Å². The third kappa shape index (κ3) is 3.41. The number of aromatic nitrogens is 1. The maximum absolute atomic E-state index is 4.53. The van der Waals surface area contributed by atoms with Gasteiger partial charge in [0.25, 0.3) is 0 Å². The Kier molecular flexibility index (Phi) is 4.59. The zero-order chi connectivity index (χ0) is 18.4. The second kappa shape index (κ2) is 6.42. The third-order valence-electron chi connectivity index (χ3n) is 5.42. The predicted octanol–water partition coefficient (Wildman–Crippen LogP) is 3.56. The van der Waals surface area contributed by atoms with Gasteiger partial charge in [0.05, 0.1) is 14.1 Å². The highest BCUT2D eigenvalue weighted by Gasteiger charge is 2.31. The number of aryl methyl sites for hydroxylation is 2. The molecule has 1 atom stereocenters. The summed E-state index contributed by atoms with van der Waals surface area (Å²) >= 11 is 0. The molecule has 2 heterocycles. The van der Waals surface area contributed by atoms with Crippen LogP contribution in [0.2, 0.25) is 0 Å². The normalized spacial score (nSPS) is 18.5. The van der Waals surface area contributed by atoms with Gasteiger partial charge in [-0.2, -0.15) is 0 Å². The van der Waals surface area contributed by atoms with Gasteiger partial charge < -0.3 is 0 Å². The molecule has 0 amide bonds. The molecule has 2 heteroatoms. The SMILES string of the molecule is Cc1cc(C)c(C)c(C2C=c3cncc(CC(C)C)c3=C[N+]2(C)C)c1. The second-order valence-corrected chi connectivity index (χ2v) is 8.57. The lowest BCUT2D eigenvalue weighted by Crippen LogP contribution is -2.47. The van der Waals surface area contributed by atoms with Crippen molar-refractivity contribution in [1.29, 1.82) is 0 Å². The van der Waals surface area contributed by atoms with Gasteiger partial charge in [-0.3, -0.25) is 9.47 Å². The minimum Gasteiger partial charge on any atom is -0.292 e. The number of benzene rings is 1. The fourth-order valence-corrected chi connectivity index (χ4v) is 4.03. The highest BCUT2D eigenvalue weighted by atomic mass is 15.3. The molecule has 2 nitrogen and oxygen atoms in total. The molecule has 0 saturated heterocycles. The van der Waals surface area contributed by atoms with Crippen LogP contribution in [-0.4, -0.2) is 23.6 Å². The van der Waals surface area contributed by atoms with Crippen molar-refractivity contribution < 1.29 is 4.48 Å². The predicted molar refractivity (Wildman–Crippen MR) is 106 cm³/mol. The van der Waals surface area contributed by atoms with E-state index in [0.717, 1.165) is 10.9 Å². The zero-order valence-electron chi connectivity index (χ0n) is 16.7. The van der Waals surface area contributed by atoms with Crippen LogP contribution in [0.25, 0.3) is 12.3 Å². The molecule has 1 aliphatic rings. The Morgan fingerprint density at radius 1 is 1.08 bits per heavy atom. The highest BCUT2D eigenvalue weighted by Crippen LogP contribution is 2.33. The number of pyridine rings is 1. The summed E-state index contributed by atoms with van der Waals surface area (Å²) in [4.78, 5) is 4.53. The van der Waals surface area contributed by atoms with Gasteiger partial charge in [0.15, 0.2) is 0 Å². The Morgan fingerprint density at radius 3 is 2.48 bits per heavy atom. The average Bonchev–Trinajstić information content (AvgIpc) is 2.50. The topological polar surface area (TPSA) is 12.9 Å². The molecule has 1 unspecified atom stereocenters. The van der Waals surface area contributed by atoms with Crippen LogP contribution >= 0.6 is 0 Å². The Balaban J connectivity index is 2.22. The van der Waals surface area contributed by atoms with Gasteiger partial charge in [-0.15, -0.1) is 0 Å². The van der Waals surface area contributed by atoms with Crippen molar-refractivity contribution >= 4 is 12.3 Å². The number of fused-ring (bicyclic) bond motifs is 1. The van der Waals surface area contributed by atoms with E-state index in [1.165, 1.54) is 38.3 Å². The van der Waals surface area contributed by atoms with Crippen molar-refractivity contribution in [3.8, 4) is 0 Å². The van der Waals surface area contributed by atoms with Crippen LogP contribution in [0.15, 0.2) is 24.5 Å². The first-order valence-corrected chi connectivity index (χ1v) is 9.28. The Labute approximate surface area is 152 Å². The average molecular weight is 336 g/mol. The molecule has 2 aromatic rings. The van der Waals surface area contributed by atoms with E-state index in [2.05, 4.69) is 78.1 Å². The van der Waals surface area contributed by atoms with Crippen LogP contribution in [0.3, 0.4) is 0 Å². The summed E-state index contributed by atoms with van der Waals surface area (Å²) in [6.45, 7) is 11.2. The van der Waals surface area contributed by atoms with E-state index in [1.807, 2.05) is 12.4 Å². The van der Waals surface area contributed by atoms with Gasteiger partial charge in [0, 0.05) is 28.4 Å². The summed E-state index contributed by atoms with van der Waals surface area (Å²) in [5, 5.41) is 2.64. The fraction of sp³-hybridized carbons (Fsp3) is 0.435. The van der Waals surface area contributed by atoms with Gasteiger partial charge in [-0.25, -0.2) is 0 Å². The fourth-order valence-electron chi connectivity index (χ4n) is 4.03. The molecule has 132 valence electrons. The van der Waals surface area contributed by atoms with Crippen LogP contribution in [0.5, 0.6) is 0 Å². The lowest BCUT2D eigenvalue weighted by Gasteiger charge is -2.36. The summed E-state index contributed by atoms with van der Waals surface area (Å²) in [5.41, 5.74) is 6.91. The molecule has 1 aromatic heterocycles. The van der Waals surface area contributed by atoms with Gasteiger partial charge in [-0.1, -0.05) is 25.5 Å². The molecular weight excluding hydrogens is 304 g/mol. The molecule has 1 aliphatic heterocycles. The first-order valence-electron chi connectivity index (χ1n) is 9.28. The summed E-state index contributed by atoms with van der Waals surface area (Å²) in [6.07, 6.45) is 10.0. The molecule has 0 aliphatic carbocycles. The third-order valence-corrected chi connectivity index (χ3v) is 5.42. The van der Waals surface area contributed by atoms with Crippen molar-refractivity contribution in [2.24, 2.45) is 5.92 Å². The minimum absolute atomic E-state index is 0.321. The summed E-state index contributed by atoms with van der Waals surface area (Å²) < 4.78 is 0.839. The summed E-state index contributed by atoms with van der Waals surface area (Å²) in [7, 11) is 4.61. The second-order valence-electron chi connectivity index (χ2n) is 8.57. The maximum atomic E-state index is 4.53. The van der Waals surface area contributed by atoms with Crippen molar-refractivity contribution in [3.63, 3.8) is 0 Å². The van der Waals surface area contributed by atoms with E-state index in [0.29, 0.717) is 12.0 Å². The zero-order valence-corrected chi connectivity index (χ0v) is 16.7. The van der Waals surface area contributed by atoms with E-state index in [4.69, 9.17) is 0 Å². The molecule has 25 heavy (non-hydrogen) atoms. The first kappa shape index (κ1) is 17.9. The molecular formula is C23H31N2+. The Morgan fingerprint density at radius 2 is 1.80 bits per heavy atom. The van der Waals surface area contributed by atoms with E-state index < -0.39 is 0 Å². The molecule has 0 saturated carbocycles. The van der Waals surface area contributed by atoms with E-state index in [1.54, 1.807) is 0 Å². The molecule has 1 aromatic carbocycles. The van der Waals surface area contributed by atoms with E-state index in [-0.39, 0.29) is 0 Å². The van der Waals surface area contributed by atoms with E-state index in [9.17, 15) is 0 Å². The highest BCUT2D eigenvalue weighted by molar-refractivity contribution is 5.48. The number of hydrogen-bond acceptors (Lipinski definition) is 1. The molecule has 0 N–H and O–H groups in total. The van der Waals surface area contributed by atoms with Gasteiger partial charge in [0.2, 0.25) is 0 Å². The lowest BCUT2D eigenvalue weighted by atomic mass is 9.91. The Bertz CT molecular complexity index is 920. The van der Waals surface area contributed by atoms with Crippen LogP contribution in [0.4, 0.5) is 0 Å². The van der Waals surface area contributed by atoms with Crippen molar-refractivity contribution in [3.05, 3.63) is 62.8 Å². The van der Waals surface area contributed by atoms with Crippen molar-refractivity contribution in [2.45, 2.75) is 47.1 Å². The monoisotopic (exact) mass is 335 g/mol. The van der Waals surface area contributed by atoms with Crippen molar-refractivity contribution in [1.82, 2.24) is 4.98 Å². The first-order chi connectivity index (χ1) is 11.7. The molecule has 0 spiro atoms. The molecule has 3 rings (SSSR count). The number of hydrogen-bond donors (Lipinski definition) is 0. The quantitative estimate of drug-likeness (QED) is 0.782. The summed E-state index contributed by atoms with van der Waals surface area (Å²) in [5.74, 6) is 0.636. The lowest BCUT2D eigenvalue weighted by molar-refractivity contribution is -0.834. The Hall–Kier alpha value is -1.93. The van der Waals surface area contributed by atoms with Crippen LogP contribution in [0, 0.1) is 26.7 Å². The number of nitrogens with zero attached hydrogens (tertiary/aromatic N) is 2. The molecule has 0 fully saturated rings. The molecule has 0 radical (unpaired) electrons. The number of quaternary nitrogens is 1. The van der Waals surface area contributed by atoms with Gasteiger partial charge in [-0.05, 0) is 61.9 Å². The molecule has 0 bridgehead atoms. The van der Waals surface area contributed by atoms with Crippen molar-refractivity contribution in [2.75, 3.05) is 14.1 Å². The minimum atomic E-state index is 0.321.